The first-order valence-corrected chi connectivity index (χ1v) is 20.3. The van der Waals surface area contributed by atoms with E-state index in [1.54, 1.807) is 29.2 Å². The largest absolute Gasteiger partial charge is 0.370 e. The van der Waals surface area contributed by atoms with Gasteiger partial charge in [-0.2, -0.15) is 0 Å². The topological polar surface area (TPSA) is 259 Å². The molecule has 0 bridgehead atoms. The normalized spacial score (nSPS) is 15.6. The molecule has 0 spiro atoms. The number of para-hydroxylation sites is 3. The van der Waals surface area contributed by atoms with Crippen molar-refractivity contribution in [3.05, 3.63) is 54.1 Å². The number of aliphatic imine (C=N–C) groups is 1. The van der Waals surface area contributed by atoms with Crippen LogP contribution in [0, 0.1) is 5.92 Å². The molecule has 0 aromatic heterocycles. The van der Waals surface area contributed by atoms with E-state index in [1.165, 1.54) is 13.8 Å². The molecule has 2 aromatic carbocycles. The number of carbonyl (C=O) groups is 6. The van der Waals surface area contributed by atoms with Crippen LogP contribution >= 0.6 is 0 Å². The maximum absolute atomic E-state index is 13.9. The van der Waals surface area contributed by atoms with Crippen LogP contribution in [0.4, 0.5) is 17.1 Å². The van der Waals surface area contributed by atoms with Gasteiger partial charge in [-0.15, -0.1) is 0 Å². The van der Waals surface area contributed by atoms with E-state index in [4.69, 9.17) is 17.2 Å². The molecule has 11 N–H and O–H groups in total. The average molecular weight is 804 g/mol. The second kappa shape index (κ2) is 23.0. The van der Waals surface area contributed by atoms with Crippen molar-refractivity contribution in [3.8, 4) is 0 Å². The molecule has 1 saturated heterocycles. The standard InChI is InChI=1S/C41H61N11O6/c1-27(47-40(58)33(48-28(2)53)15-7-9-21-42)37(55)50-32(16-11-23-46-41(43)44)39(57)45-22-10-8-12-29-19-24-51(25-20-29)26-36(54)52-34-17-5-3-13-30(34)38(56)49-31-14-4-6-18-35(31)52/h3-6,13-14,17-18,27,29,32-33H,7-12,15-16,19-26,42H2,1-2H3,(H,45,57)(H,47,58)(H,48,53)(H,49,56)(H,50,55)(H4,43,44,46)/t27-,32-,33-/m0/s1. The maximum atomic E-state index is 13.9. The molecule has 2 aromatic rings. The second-order valence-corrected chi connectivity index (χ2v) is 15.0. The van der Waals surface area contributed by atoms with E-state index in [-0.39, 0.29) is 49.1 Å². The van der Waals surface area contributed by atoms with Gasteiger partial charge >= 0.3 is 0 Å². The first-order chi connectivity index (χ1) is 27.9. The zero-order valence-electron chi connectivity index (χ0n) is 33.8. The number of hydrogen-bond acceptors (Lipinski definition) is 9. The summed E-state index contributed by atoms with van der Waals surface area (Å²) in [4.78, 5) is 85.7. The maximum Gasteiger partial charge on any atom is 0.257 e. The summed E-state index contributed by atoms with van der Waals surface area (Å²) in [5.74, 6) is -1.66. The minimum atomic E-state index is -0.971. The molecule has 4 rings (SSSR count). The number of benzene rings is 2. The molecule has 58 heavy (non-hydrogen) atoms. The molecule has 1 fully saturated rings. The molecule has 0 saturated carbocycles. The highest BCUT2D eigenvalue weighted by molar-refractivity contribution is 6.18. The van der Waals surface area contributed by atoms with E-state index < -0.39 is 29.9 Å². The lowest BCUT2D eigenvalue weighted by Gasteiger charge is -2.33. The summed E-state index contributed by atoms with van der Waals surface area (Å²) in [5, 5.41) is 13.9. The minimum Gasteiger partial charge on any atom is -0.370 e. The van der Waals surface area contributed by atoms with E-state index in [9.17, 15) is 28.8 Å². The Bertz CT molecular complexity index is 1760. The van der Waals surface area contributed by atoms with Gasteiger partial charge in [0.1, 0.15) is 18.1 Å². The number of guanidine groups is 1. The molecule has 2 aliphatic rings. The van der Waals surface area contributed by atoms with Gasteiger partial charge < -0.3 is 43.8 Å². The van der Waals surface area contributed by atoms with Gasteiger partial charge in [-0.1, -0.05) is 37.1 Å². The summed E-state index contributed by atoms with van der Waals surface area (Å²) in [6, 6.07) is 11.8. The molecule has 2 aliphatic heterocycles. The Balaban J connectivity index is 1.22. The smallest absolute Gasteiger partial charge is 0.257 e. The van der Waals surface area contributed by atoms with Crippen molar-refractivity contribution >= 4 is 58.5 Å². The SMILES string of the molecule is CC(=O)N[C@@H](CCCCN)C(=O)N[C@@H](C)C(=O)N[C@@H](CCCN=C(N)N)C(=O)NCCCCC1CCN(CC(=O)N2c3ccccc3NC(=O)c3ccccc32)CC1. The Morgan fingerprint density at radius 3 is 2.21 bits per heavy atom. The fourth-order valence-corrected chi connectivity index (χ4v) is 7.27. The number of nitrogens with one attached hydrogen (secondary N) is 5. The number of rotatable bonds is 21. The van der Waals surface area contributed by atoms with Gasteiger partial charge in [-0.3, -0.25) is 43.6 Å². The fourth-order valence-electron chi connectivity index (χ4n) is 7.27. The molecule has 17 heteroatoms. The van der Waals surface area contributed by atoms with Crippen LogP contribution in [0.25, 0.3) is 0 Å². The zero-order valence-corrected chi connectivity index (χ0v) is 33.8. The first kappa shape index (κ1) is 45.2. The number of nitrogens with zero attached hydrogens (tertiary/aromatic N) is 3. The van der Waals surface area contributed by atoms with Crippen LogP contribution in [0.1, 0.15) is 88.4 Å². The number of anilines is 3. The predicted molar refractivity (Wildman–Crippen MR) is 224 cm³/mol. The van der Waals surface area contributed by atoms with E-state index in [0.717, 1.165) is 45.2 Å². The number of likely N-dealkylation sites (tertiary alicyclic amines) is 1. The van der Waals surface area contributed by atoms with Crippen LogP contribution in [0.2, 0.25) is 0 Å². The van der Waals surface area contributed by atoms with Gasteiger partial charge in [-0.25, -0.2) is 0 Å². The van der Waals surface area contributed by atoms with Crippen molar-refractivity contribution < 1.29 is 28.8 Å². The Labute approximate surface area is 340 Å². The molecule has 0 unspecified atom stereocenters. The van der Waals surface area contributed by atoms with Gasteiger partial charge in [0.2, 0.25) is 29.5 Å². The summed E-state index contributed by atoms with van der Waals surface area (Å²) in [6.45, 7) is 5.80. The Hall–Kier alpha value is -5.55. The molecule has 316 valence electrons. The Morgan fingerprint density at radius 2 is 1.50 bits per heavy atom. The van der Waals surface area contributed by atoms with Crippen molar-refractivity contribution in [3.63, 3.8) is 0 Å². The van der Waals surface area contributed by atoms with Crippen molar-refractivity contribution in [1.82, 2.24) is 26.2 Å². The van der Waals surface area contributed by atoms with Crippen LogP contribution in [0.15, 0.2) is 53.5 Å². The van der Waals surface area contributed by atoms with Crippen LogP contribution in [0.5, 0.6) is 0 Å². The Morgan fingerprint density at radius 1 is 0.828 bits per heavy atom. The number of carbonyl (C=O) groups excluding carboxylic acids is 6. The molecule has 0 aliphatic carbocycles. The third-order valence-electron chi connectivity index (χ3n) is 10.4. The quantitative estimate of drug-likeness (QED) is 0.0514. The molecular formula is C41H61N11O6. The molecular weight excluding hydrogens is 743 g/mol. The lowest BCUT2D eigenvalue weighted by molar-refractivity contribution is -0.133. The summed E-state index contributed by atoms with van der Waals surface area (Å²) in [5.41, 5.74) is 18.7. The van der Waals surface area contributed by atoms with Crippen molar-refractivity contribution in [1.29, 1.82) is 0 Å². The molecule has 6 amide bonds. The van der Waals surface area contributed by atoms with Crippen LogP contribution in [-0.2, 0) is 24.0 Å². The summed E-state index contributed by atoms with van der Waals surface area (Å²) in [7, 11) is 0. The lowest BCUT2D eigenvalue weighted by atomic mass is 9.91. The van der Waals surface area contributed by atoms with Crippen molar-refractivity contribution in [2.75, 3.05) is 49.5 Å². The minimum absolute atomic E-state index is 0.0673. The molecule has 17 nitrogen and oxygen atoms in total. The number of fused-ring (bicyclic) bond motifs is 2. The van der Waals surface area contributed by atoms with E-state index in [1.807, 2.05) is 24.3 Å². The number of amides is 6. The first-order valence-electron chi connectivity index (χ1n) is 20.3. The second-order valence-electron chi connectivity index (χ2n) is 15.0. The third-order valence-corrected chi connectivity index (χ3v) is 10.4. The van der Waals surface area contributed by atoms with Crippen LogP contribution < -0.4 is 48.7 Å². The predicted octanol–water partition coefficient (Wildman–Crippen LogP) is 1.59. The molecule has 3 atom stereocenters. The van der Waals surface area contributed by atoms with Crippen LogP contribution in [-0.4, -0.2) is 104 Å². The van der Waals surface area contributed by atoms with Crippen molar-refractivity contribution in [2.45, 2.75) is 96.2 Å². The Kier molecular flexibility index (Phi) is 17.9. The third kappa shape index (κ3) is 13.8. The summed E-state index contributed by atoms with van der Waals surface area (Å²) < 4.78 is 0. The van der Waals surface area contributed by atoms with Crippen LogP contribution in [0.3, 0.4) is 0 Å². The fraction of sp³-hybridized carbons (Fsp3) is 0.537. The van der Waals surface area contributed by atoms with Gasteiger partial charge in [0.15, 0.2) is 5.96 Å². The van der Waals surface area contributed by atoms with E-state index >= 15 is 0 Å². The molecule has 2 heterocycles. The average Bonchev–Trinajstić information content (AvgIpc) is 3.32. The van der Waals surface area contributed by atoms with E-state index in [2.05, 4.69) is 36.5 Å². The summed E-state index contributed by atoms with van der Waals surface area (Å²) >= 11 is 0. The van der Waals surface area contributed by atoms with Gasteiger partial charge in [0.25, 0.3) is 5.91 Å². The lowest BCUT2D eigenvalue weighted by Crippen LogP contribution is -2.55. The number of hydrogen-bond donors (Lipinski definition) is 8. The van der Waals surface area contributed by atoms with Gasteiger partial charge in [0.05, 0.1) is 29.2 Å². The van der Waals surface area contributed by atoms with Gasteiger partial charge in [-0.05, 0) is 108 Å². The van der Waals surface area contributed by atoms with Crippen molar-refractivity contribution in [2.24, 2.45) is 28.1 Å². The number of piperidine rings is 1. The highest BCUT2D eigenvalue weighted by Gasteiger charge is 2.31. The monoisotopic (exact) mass is 803 g/mol. The highest BCUT2D eigenvalue weighted by Crippen LogP contribution is 2.38. The van der Waals surface area contributed by atoms with E-state index in [0.29, 0.717) is 67.3 Å². The zero-order chi connectivity index (χ0) is 42.0. The van der Waals surface area contributed by atoms with Gasteiger partial charge in [0, 0.05) is 20.0 Å². The highest BCUT2D eigenvalue weighted by atomic mass is 16.2. The summed E-state index contributed by atoms with van der Waals surface area (Å²) in [6.07, 6.45) is 6.94. The molecule has 0 radical (unpaired) electrons. The number of nitrogens with two attached hydrogens (primary N) is 3. The number of unbranched alkanes of at least 4 members (excludes halogenated alkanes) is 2.